The van der Waals surface area contributed by atoms with Gasteiger partial charge in [0, 0.05) is 33.9 Å². The van der Waals surface area contributed by atoms with Gasteiger partial charge < -0.3 is 5.32 Å². The number of ketones is 2. The Bertz CT molecular complexity index is 796. The number of nitrogens with one attached hydrogen (secondary N) is 1. The Balaban J connectivity index is 2.26. The fraction of sp³-hybridized carbons (Fsp3) is 0.429. The third kappa shape index (κ3) is 2.52. The number of hydrogen-bond acceptors (Lipinski definition) is 3. The van der Waals surface area contributed by atoms with E-state index in [0.29, 0.717) is 5.57 Å². The van der Waals surface area contributed by atoms with Crippen molar-refractivity contribution in [2.75, 3.05) is 0 Å². The Morgan fingerprint density at radius 1 is 1.21 bits per heavy atom. The first-order chi connectivity index (χ1) is 11.2. The Hall–Kier alpha value is -2.16. The second kappa shape index (κ2) is 5.73. The van der Waals surface area contributed by atoms with Crippen molar-refractivity contribution in [3.8, 4) is 0 Å². The molecule has 0 radical (unpaired) electrons. The normalized spacial score (nSPS) is 23.0. The Morgan fingerprint density at radius 2 is 1.88 bits per heavy atom. The Kier molecular flexibility index (Phi) is 3.98. The SMILES string of the molecule is CC(=O)C1=C(C)NC2=C(C(=O)C(C)(C)CC2)C1c1ccccc1C. The van der Waals surface area contributed by atoms with Crippen molar-refractivity contribution in [1.29, 1.82) is 0 Å². The van der Waals surface area contributed by atoms with E-state index in [1.54, 1.807) is 6.92 Å². The maximum atomic E-state index is 13.2. The highest BCUT2D eigenvalue weighted by Crippen LogP contribution is 2.47. The van der Waals surface area contributed by atoms with Crippen LogP contribution in [-0.2, 0) is 9.59 Å². The number of dihydropyridines is 1. The van der Waals surface area contributed by atoms with E-state index in [-0.39, 0.29) is 22.9 Å². The van der Waals surface area contributed by atoms with Crippen molar-refractivity contribution in [2.24, 2.45) is 5.41 Å². The molecular formula is C21H25NO2. The number of carbonyl (C=O) groups excluding carboxylic acids is 2. The molecule has 1 aromatic carbocycles. The molecule has 3 heteroatoms. The first-order valence-corrected chi connectivity index (χ1v) is 8.56. The first-order valence-electron chi connectivity index (χ1n) is 8.56. The molecule has 1 atom stereocenters. The Morgan fingerprint density at radius 3 is 2.50 bits per heavy atom. The molecule has 1 aliphatic carbocycles. The van der Waals surface area contributed by atoms with Gasteiger partial charge in [-0.15, -0.1) is 0 Å². The van der Waals surface area contributed by atoms with Gasteiger partial charge in [0.25, 0.3) is 0 Å². The van der Waals surface area contributed by atoms with Gasteiger partial charge in [0.15, 0.2) is 11.6 Å². The average molecular weight is 323 g/mol. The van der Waals surface area contributed by atoms with Crippen molar-refractivity contribution in [3.05, 3.63) is 57.9 Å². The number of carbonyl (C=O) groups is 2. The van der Waals surface area contributed by atoms with Gasteiger partial charge >= 0.3 is 0 Å². The molecule has 1 aromatic rings. The molecule has 1 unspecified atom stereocenters. The van der Waals surface area contributed by atoms with Crippen LogP contribution < -0.4 is 5.32 Å². The maximum absolute atomic E-state index is 13.2. The average Bonchev–Trinajstić information content (AvgIpc) is 2.50. The van der Waals surface area contributed by atoms with E-state index in [0.717, 1.165) is 40.9 Å². The largest absolute Gasteiger partial charge is 0.362 e. The van der Waals surface area contributed by atoms with Crippen molar-refractivity contribution < 1.29 is 9.59 Å². The van der Waals surface area contributed by atoms with Gasteiger partial charge in [0.1, 0.15) is 0 Å². The highest BCUT2D eigenvalue weighted by atomic mass is 16.1. The van der Waals surface area contributed by atoms with E-state index in [1.807, 2.05) is 52.0 Å². The summed E-state index contributed by atoms with van der Waals surface area (Å²) in [5, 5.41) is 3.35. The summed E-state index contributed by atoms with van der Waals surface area (Å²) in [6, 6.07) is 8.06. The van der Waals surface area contributed by atoms with Crippen LogP contribution in [-0.4, -0.2) is 11.6 Å². The zero-order valence-corrected chi connectivity index (χ0v) is 15.1. The fourth-order valence-corrected chi connectivity index (χ4v) is 3.97. The molecule has 24 heavy (non-hydrogen) atoms. The van der Waals surface area contributed by atoms with E-state index in [4.69, 9.17) is 0 Å². The number of hydrogen-bond donors (Lipinski definition) is 1. The smallest absolute Gasteiger partial charge is 0.167 e. The lowest BCUT2D eigenvalue weighted by atomic mass is 9.66. The summed E-state index contributed by atoms with van der Waals surface area (Å²) in [6.45, 7) is 9.59. The molecule has 1 N–H and O–H groups in total. The van der Waals surface area contributed by atoms with E-state index >= 15 is 0 Å². The van der Waals surface area contributed by atoms with Crippen molar-refractivity contribution in [2.45, 2.75) is 53.4 Å². The van der Waals surface area contributed by atoms with Crippen LogP contribution >= 0.6 is 0 Å². The van der Waals surface area contributed by atoms with Crippen LogP contribution in [0.3, 0.4) is 0 Å². The summed E-state index contributed by atoms with van der Waals surface area (Å²) in [6.07, 6.45) is 1.68. The van der Waals surface area contributed by atoms with Crippen LogP contribution in [0.25, 0.3) is 0 Å². The van der Waals surface area contributed by atoms with E-state index in [2.05, 4.69) is 5.32 Å². The first kappa shape index (κ1) is 16.7. The number of allylic oxidation sites excluding steroid dienone is 4. The number of aryl methyl sites for hydroxylation is 1. The predicted molar refractivity (Wildman–Crippen MR) is 95.5 cm³/mol. The number of Topliss-reactive ketones (excluding diaryl/α,β-unsaturated/α-hetero) is 2. The molecule has 2 aliphatic rings. The summed E-state index contributed by atoms with van der Waals surface area (Å²) in [5.41, 5.74) is 5.16. The third-order valence-corrected chi connectivity index (χ3v) is 5.38. The van der Waals surface area contributed by atoms with Gasteiger partial charge in [-0.25, -0.2) is 0 Å². The van der Waals surface area contributed by atoms with E-state index in [1.165, 1.54) is 0 Å². The zero-order chi connectivity index (χ0) is 17.6. The van der Waals surface area contributed by atoms with Gasteiger partial charge in [-0.05, 0) is 44.7 Å². The summed E-state index contributed by atoms with van der Waals surface area (Å²) in [7, 11) is 0. The molecule has 0 saturated carbocycles. The second-order valence-electron chi connectivity index (χ2n) is 7.61. The molecule has 0 aromatic heterocycles. The fourth-order valence-electron chi connectivity index (χ4n) is 3.97. The van der Waals surface area contributed by atoms with Crippen LogP contribution in [0.15, 0.2) is 46.8 Å². The number of rotatable bonds is 2. The minimum atomic E-state index is -0.380. The van der Waals surface area contributed by atoms with Crippen molar-refractivity contribution in [1.82, 2.24) is 5.32 Å². The number of benzene rings is 1. The highest BCUT2D eigenvalue weighted by molar-refractivity contribution is 6.07. The standard InChI is InChI=1S/C21H25NO2/c1-12-8-6-7-9-15(12)18-17(14(3)23)13(2)22-16-10-11-21(4,5)20(24)19(16)18/h6-9,18,22H,10-11H2,1-5H3. The summed E-state index contributed by atoms with van der Waals surface area (Å²) in [5.74, 6) is -0.0706. The van der Waals surface area contributed by atoms with Crippen molar-refractivity contribution >= 4 is 11.6 Å². The summed E-state index contributed by atoms with van der Waals surface area (Å²) < 4.78 is 0. The Labute approximate surface area is 143 Å². The molecule has 1 heterocycles. The quantitative estimate of drug-likeness (QED) is 0.888. The van der Waals surface area contributed by atoms with Crippen LogP contribution in [0.1, 0.15) is 57.6 Å². The molecular weight excluding hydrogens is 298 g/mol. The van der Waals surface area contributed by atoms with Gasteiger partial charge in [-0.3, -0.25) is 9.59 Å². The lowest BCUT2D eigenvalue weighted by Crippen LogP contribution is -2.40. The monoisotopic (exact) mass is 323 g/mol. The molecule has 126 valence electrons. The maximum Gasteiger partial charge on any atom is 0.167 e. The van der Waals surface area contributed by atoms with Crippen LogP contribution in [0.2, 0.25) is 0 Å². The highest BCUT2D eigenvalue weighted by Gasteiger charge is 2.44. The molecule has 3 nitrogen and oxygen atoms in total. The summed E-state index contributed by atoms with van der Waals surface area (Å²) in [4.78, 5) is 25.6. The van der Waals surface area contributed by atoms with Gasteiger partial charge in [0.05, 0.1) is 0 Å². The molecule has 0 amide bonds. The van der Waals surface area contributed by atoms with Gasteiger partial charge in [-0.1, -0.05) is 38.1 Å². The summed E-state index contributed by atoms with van der Waals surface area (Å²) >= 11 is 0. The third-order valence-electron chi connectivity index (χ3n) is 5.38. The second-order valence-corrected chi connectivity index (χ2v) is 7.61. The van der Waals surface area contributed by atoms with Crippen LogP contribution in [0.4, 0.5) is 0 Å². The molecule has 3 rings (SSSR count). The molecule has 0 saturated heterocycles. The zero-order valence-electron chi connectivity index (χ0n) is 15.1. The molecule has 1 aliphatic heterocycles. The minimum absolute atomic E-state index is 0.0241. The van der Waals surface area contributed by atoms with Gasteiger partial charge in [0.2, 0.25) is 0 Å². The predicted octanol–water partition coefficient (Wildman–Crippen LogP) is 4.19. The van der Waals surface area contributed by atoms with E-state index in [9.17, 15) is 9.59 Å². The van der Waals surface area contributed by atoms with E-state index < -0.39 is 0 Å². The lowest BCUT2D eigenvalue weighted by Gasteiger charge is -2.40. The van der Waals surface area contributed by atoms with Crippen molar-refractivity contribution in [3.63, 3.8) is 0 Å². The van der Waals surface area contributed by atoms with Crippen LogP contribution in [0, 0.1) is 12.3 Å². The minimum Gasteiger partial charge on any atom is -0.362 e. The topological polar surface area (TPSA) is 46.2 Å². The molecule has 0 spiro atoms. The molecule has 0 fully saturated rings. The van der Waals surface area contributed by atoms with Crippen LogP contribution in [0.5, 0.6) is 0 Å². The van der Waals surface area contributed by atoms with Gasteiger partial charge in [-0.2, -0.15) is 0 Å². The lowest BCUT2D eigenvalue weighted by molar-refractivity contribution is -0.124. The molecule has 0 bridgehead atoms.